The maximum Gasteiger partial charge on any atom is 0.264 e. The minimum atomic E-state index is -2.85. The van der Waals surface area contributed by atoms with E-state index in [1.807, 2.05) is 0 Å². The molecule has 0 spiro atoms. The number of nitrogens with one attached hydrogen (secondary N) is 1. The Labute approximate surface area is 185 Å². The average Bonchev–Trinajstić information content (AvgIpc) is 2.74. The van der Waals surface area contributed by atoms with Crippen molar-refractivity contribution in [3.63, 3.8) is 0 Å². The van der Waals surface area contributed by atoms with Crippen LogP contribution in [0.2, 0.25) is 10.0 Å². The molecule has 9 heteroatoms. The largest absolute Gasteiger partial charge is 0.453 e. The molecule has 0 aliphatic carbocycles. The van der Waals surface area contributed by atoms with E-state index in [2.05, 4.69) is 5.32 Å². The lowest BCUT2D eigenvalue weighted by molar-refractivity contribution is -0.115. The van der Waals surface area contributed by atoms with Crippen molar-refractivity contribution in [3.8, 4) is 17.6 Å². The van der Waals surface area contributed by atoms with E-state index in [4.69, 9.17) is 33.2 Å². The van der Waals surface area contributed by atoms with E-state index in [0.717, 1.165) is 12.1 Å². The Hall–Kier alpha value is -3.21. The van der Waals surface area contributed by atoms with Gasteiger partial charge >= 0.3 is 0 Å². The van der Waals surface area contributed by atoms with Gasteiger partial charge in [-0.3, -0.25) is 4.79 Å². The van der Waals surface area contributed by atoms with Crippen molar-refractivity contribution < 1.29 is 22.7 Å². The van der Waals surface area contributed by atoms with E-state index in [0.29, 0.717) is 10.7 Å². The smallest absolute Gasteiger partial charge is 0.264 e. The summed E-state index contributed by atoms with van der Waals surface area (Å²) in [5.74, 6) is -2.10. The van der Waals surface area contributed by atoms with Crippen LogP contribution in [-0.2, 0) is 11.2 Å². The van der Waals surface area contributed by atoms with Crippen LogP contribution in [0.25, 0.3) is 0 Å². The lowest BCUT2D eigenvalue weighted by Gasteiger charge is -2.13. The molecule has 0 bridgehead atoms. The first-order valence-electron chi connectivity index (χ1n) is 8.81. The quantitative estimate of drug-likeness (QED) is 0.430. The van der Waals surface area contributed by atoms with Crippen LogP contribution >= 0.6 is 23.2 Å². The van der Waals surface area contributed by atoms with Gasteiger partial charge in [-0.1, -0.05) is 41.4 Å². The lowest BCUT2D eigenvalue weighted by atomic mass is 10.1. The third kappa shape index (κ3) is 5.48. The summed E-state index contributed by atoms with van der Waals surface area (Å²) in [6.45, 7) is 0. The van der Waals surface area contributed by atoms with Crippen LogP contribution in [0.5, 0.6) is 11.5 Å². The molecule has 0 aliphatic heterocycles. The van der Waals surface area contributed by atoms with Gasteiger partial charge in [0.15, 0.2) is 11.6 Å². The molecule has 0 aliphatic rings. The maximum absolute atomic E-state index is 15.0. The van der Waals surface area contributed by atoms with Crippen LogP contribution in [0, 0.1) is 17.1 Å². The van der Waals surface area contributed by atoms with Gasteiger partial charge in [-0.15, -0.1) is 0 Å². The Bertz CT molecular complexity index is 1180. The predicted octanol–water partition coefficient (Wildman–Crippen LogP) is 6.92. The minimum Gasteiger partial charge on any atom is -0.453 e. The van der Waals surface area contributed by atoms with Crippen LogP contribution in [0.3, 0.4) is 0 Å². The highest BCUT2D eigenvalue weighted by Crippen LogP contribution is 2.36. The summed E-state index contributed by atoms with van der Waals surface area (Å²) in [4.78, 5) is 12.3. The second-order valence-corrected chi connectivity index (χ2v) is 7.17. The van der Waals surface area contributed by atoms with Gasteiger partial charge in [0, 0.05) is 11.1 Å². The first-order chi connectivity index (χ1) is 14.8. The molecule has 3 aromatic carbocycles. The van der Waals surface area contributed by atoms with Gasteiger partial charge < -0.3 is 10.1 Å². The van der Waals surface area contributed by atoms with Gasteiger partial charge in [0.2, 0.25) is 5.91 Å². The Morgan fingerprint density at radius 2 is 1.84 bits per heavy atom. The van der Waals surface area contributed by atoms with Crippen LogP contribution in [0.15, 0.2) is 54.6 Å². The number of amides is 1. The van der Waals surface area contributed by atoms with Gasteiger partial charge in [0.1, 0.15) is 5.75 Å². The Morgan fingerprint density at radius 3 is 2.52 bits per heavy atom. The van der Waals surface area contributed by atoms with Crippen LogP contribution in [0.4, 0.5) is 18.9 Å². The molecule has 0 aromatic heterocycles. The summed E-state index contributed by atoms with van der Waals surface area (Å²) in [5.41, 5.74) is -0.206. The molecule has 1 N–H and O–H groups in total. The van der Waals surface area contributed by atoms with Crippen molar-refractivity contribution in [2.24, 2.45) is 0 Å². The molecular weight excluding hydrogens is 452 g/mol. The molecule has 0 saturated heterocycles. The number of anilines is 1. The second kappa shape index (κ2) is 9.73. The van der Waals surface area contributed by atoms with Crippen molar-refractivity contribution in [3.05, 3.63) is 87.2 Å². The van der Waals surface area contributed by atoms with Crippen molar-refractivity contribution >= 4 is 34.8 Å². The van der Waals surface area contributed by atoms with E-state index in [1.165, 1.54) is 18.2 Å². The fraction of sp³-hybridized carbons (Fsp3) is 0.0909. The van der Waals surface area contributed by atoms with E-state index >= 15 is 4.39 Å². The number of hydrogen-bond acceptors (Lipinski definition) is 3. The Balaban J connectivity index is 1.86. The van der Waals surface area contributed by atoms with E-state index in [1.54, 1.807) is 30.3 Å². The van der Waals surface area contributed by atoms with E-state index < -0.39 is 29.5 Å². The number of benzene rings is 3. The van der Waals surface area contributed by atoms with E-state index in [-0.39, 0.29) is 28.3 Å². The summed E-state index contributed by atoms with van der Waals surface area (Å²) in [5, 5.41) is 11.8. The molecule has 0 heterocycles. The molecule has 0 atom stereocenters. The number of hydrogen-bond donors (Lipinski definition) is 1. The number of nitrogens with zero attached hydrogens (tertiary/aromatic N) is 1. The molecule has 0 fully saturated rings. The van der Waals surface area contributed by atoms with Gasteiger partial charge in [-0.2, -0.15) is 5.26 Å². The van der Waals surface area contributed by atoms with Gasteiger partial charge in [0.05, 0.1) is 33.8 Å². The Kier molecular flexibility index (Phi) is 7.06. The highest BCUT2D eigenvalue weighted by molar-refractivity contribution is 6.33. The minimum absolute atomic E-state index is 0.0329. The zero-order valence-corrected chi connectivity index (χ0v) is 17.1. The zero-order chi connectivity index (χ0) is 22.5. The highest BCUT2D eigenvalue weighted by atomic mass is 35.5. The highest BCUT2D eigenvalue weighted by Gasteiger charge is 2.19. The number of carbonyl (C=O) groups excluding carboxylic acids is 1. The van der Waals surface area contributed by atoms with Crippen LogP contribution in [-0.4, -0.2) is 5.91 Å². The monoisotopic (exact) mass is 464 g/mol. The number of halogens is 5. The van der Waals surface area contributed by atoms with Crippen molar-refractivity contribution in [2.45, 2.75) is 12.8 Å². The molecule has 0 saturated carbocycles. The predicted molar refractivity (Wildman–Crippen MR) is 111 cm³/mol. The fourth-order valence-corrected chi connectivity index (χ4v) is 3.09. The number of ether oxygens (including phenoxy) is 1. The molecule has 4 nitrogen and oxygen atoms in total. The standard InChI is InChI=1S/C22H13Cl2F3N2O2/c23-16-3-1-2-4-18(16)29-19(30)10-13-5-6-17(24)21(20(13)25)31-15-8-12(11-28)7-14(9-15)22(26)27/h1-9,22H,10H2,(H,29,30). The van der Waals surface area contributed by atoms with Crippen LogP contribution < -0.4 is 10.1 Å². The first-order valence-corrected chi connectivity index (χ1v) is 9.56. The third-order valence-electron chi connectivity index (χ3n) is 4.16. The van der Waals surface area contributed by atoms with Crippen molar-refractivity contribution in [2.75, 3.05) is 5.32 Å². The van der Waals surface area contributed by atoms with Gasteiger partial charge in [0.25, 0.3) is 6.43 Å². The summed E-state index contributed by atoms with van der Waals surface area (Å²) in [7, 11) is 0. The average molecular weight is 465 g/mol. The van der Waals surface area contributed by atoms with Crippen molar-refractivity contribution in [1.29, 1.82) is 5.26 Å². The number of alkyl halides is 2. The molecular formula is C22H13Cl2F3N2O2. The molecule has 1 amide bonds. The molecule has 0 unspecified atom stereocenters. The SMILES string of the molecule is N#Cc1cc(Oc2c(Cl)ccc(CC(=O)Nc3ccccc3Cl)c2F)cc(C(F)F)c1. The van der Waals surface area contributed by atoms with Gasteiger partial charge in [-0.25, -0.2) is 13.2 Å². The van der Waals surface area contributed by atoms with E-state index in [9.17, 15) is 13.6 Å². The number of nitriles is 1. The number of rotatable bonds is 6. The summed E-state index contributed by atoms with van der Waals surface area (Å²) in [6.07, 6.45) is -3.21. The van der Waals surface area contributed by atoms with Crippen molar-refractivity contribution in [1.82, 2.24) is 0 Å². The summed E-state index contributed by atoms with van der Waals surface area (Å²) < 4.78 is 46.5. The Morgan fingerprint density at radius 1 is 1.10 bits per heavy atom. The number of para-hydroxylation sites is 1. The second-order valence-electron chi connectivity index (χ2n) is 6.36. The maximum atomic E-state index is 15.0. The third-order valence-corrected chi connectivity index (χ3v) is 4.79. The zero-order valence-electron chi connectivity index (χ0n) is 15.6. The molecule has 3 aromatic rings. The molecule has 0 radical (unpaired) electrons. The molecule has 3 rings (SSSR count). The van der Waals surface area contributed by atoms with Gasteiger partial charge in [-0.05, 0) is 36.4 Å². The summed E-state index contributed by atoms with van der Waals surface area (Å²) in [6, 6.07) is 14.1. The first kappa shape index (κ1) is 22.5. The fourth-order valence-electron chi connectivity index (χ4n) is 2.72. The topological polar surface area (TPSA) is 62.1 Å². The lowest BCUT2D eigenvalue weighted by Crippen LogP contribution is -2.15. The van der Waals surface area contributed by atoms with Crippen LogP contribution in [0.1, 0.15) is 23.1 Å². The molecule has 158 valence electrons. The normalized spacial score (nSPS) is 10.6. The summed E-state index contributed by atoms with van der Waals surface area (Å²) >= 11 is 12.0. The molecule has 31 heavy (non-hydrogen) atoms. The number of carbonyl (C=O) groups is 1.